The molecule has 0 fully saturated rings. The van der Waals surface area contributed by atoms with Crippen LogP contribution in [0.3, 0.4) is 0 Å². The molecule has 0 aliphatic carbocycles. The average Bonchev–Trinajstić information content (AvgIpc) is 2.34. The third kappa shape index (κ3) is 3.96. The molecule has 0 saturated heterocycles. The molecule has 98 valence electrons. The fourth-order valence-corrected chi connectivity index (χ4v) is 1.67. The van der Waals surface area contributed by atoms with Crippen molar-refractivity contribution in [3.05, 3.63) is 45.5 Å². The molecule has 0 aromatic heterocycles. The lowest BCUT2D eigenvalue weighted by Crippen LogP contribution is -2.18. The van der Waals surface area contributed by atoms with Crippen molar-refractivity contribution in [2.75, 3.05) is 13.1 Å². The molecular formula is C14H20N2O2. The molecule has 0 saturated carbocycles. The summed E-state index contributed by atoms with van der Waals surface area (Å²) in [4.78, 5) is 10.6. The van der Waals surface area contributed by atoms with E-state index in [0.717, 1.165) is 13.1 Å². The lowest BCUT2D eigenvalue weighted by molar-refractivity contribution is -0.385. The van der Waals surface area contributed by atoms with Crippen molar-refractivity contribution in [3.63, 3.8) is 0 Å². The Labute approximate surface area is 108 Å². The lowest BCUT2D eigenvalue weighted by atomic mass is 9.99. The van der Waals surface area contributed by atoms with Gasteiger partial charge in [-0.2, -0.15) is 0 Å². The van der Waals surface area contributed by atoms with Crippen LogP contribution in [-0.2, 0) is 0 Å². The Balaban J connectivity index is 3.07. The number of likely N-dealkylation sites (N-methyl/N-ethyl adjacent to an activating group) is 1. The highest BCUT2D eigenvalue weighted by Crippen LogP contribution is 2.22. The molecule has 0 atom stereocenters. The first-order valence-electron chi connectivity index (χ1n) is 6.20. The maximum Gasteiger partial charge on any atom is 0.276 e. The predicted molar refractivity (Wildman–Crippen MR) is 74.5 cm³/mol. The van der Waals surface area contributed by atoms with Crippen LogP contribution in [0.2, 0.25) is 0 Å². The number of para-hydroxylation sites is 1. The van der Waals surface area contributed by atoms with Crippen LogP contribution >= 0.6 is 0 Å². The van der Waals surface area contributed by atoms with Gasteiger partial charge in [0.2, 0.25) is 0 Å². The lowest BCUT2D eigenvalue weighted by Gasteiger charge is -2.12. The van der Waals surface area contributed by atoms with Gasteiger partial charge in [-0.05, 0) is 24.6 Å². The molecule has 1 rings (SSSR count). The van der Waals surface area contributed by atoms with E-state index in [1.165, 1.54) is 11.6 Å². The normalized spacial score (nSPS) is 11.9. The highest BCUT2D eigenvalue weighted by Gasteiger charge is 2.12. The summed E-state index contributed by atoms with van der Waals surface area (Å²) in [7, 11) is 0. The summed E-state index contributed by atoms with van der Waals surface area (Å²) in [5.74, 6) is 0.365. The molecule has 1 aromatic rings. The third-order valence-corrected chi connectivity index (χ3v) is 2.80. The molecule has 0 radical (unpaired) electrons. The van der Waals surface area contributed by atoms with Crippen molar-refractivity contribution in [2.24, 2.45) is 5.92 Å². The second kappa shape index (κ2) is 6.91. The fraction of sp³-hybridized carbons (Fsp3) is 0.429. The topological polar surface area (TPSA) is 55.2 Å². The van der Waals surface area contributed by atoms with Crippen molar-refractivity contribution >= 4 is 11.8 Å². The third-order valence-electron chi connectivity index (χ3n) is 2.80. The molecule has 1 N–H and O–H groups in total. The van der Waals surface area contributed by atoms with E-state index < -0.39 is 0 Å². The number of nitrogens with zero attached hydrogens (tertiary/aromatic N) is 1. The number of nitrogens with one attached hydrogen (secondary N) is 1. The van der Waals surface area contributed by atoms with E-state index in [4.69, 9.17) is 0 Å². The Hall–Kier alpha value is -1.68. The van der Waals surface area contributed by atoms with Crippen LogP contribution in [0.1, 0.15) is 26.3 Å². The van der Waals surface area contributed by atoms with Crippen molar-refractivity contribution < 1.29 is 4.92 Å². The van der Waals surface area contributed by atoms with Gasteiger partial charge in [-0.15, -0.1) is 0 Å². The Morgan fingerprint density at radius 3 is 2.67 bits per heavy atom. The summed E-state index contributed by atoms with van der Waals surface area (Å²) < 4.78 is 0. The van der Waals surface area contributed by atoms with Crippen LogP contribution in [-0.4, -0.2) is 18.0 Å². The molecule has 0 bridgehead atoms. The van der Waals surface area contributed by atoms with Gasteiger partial charge in [0.15, 0.2) is 0 Å². The first-order chi connectivity index (χ1) is 8.56. The van der Waals surface area contributed by atoms with Crippen LogP contribution < -0.4 is 5.32 Å². The zero-order chi connectivity index (χ0) is 13.5. The molecule has 0 spiro atoms. The maximum atomic E-state index is 10.9. The first-order valence-corrected chi connectivity index (χ1v) is 6.20. The van der Waals surface area contributed by atoms with Crippen LogP contribution in [0, 0.1) is 16.0 Å². The summed E-state index contributed by atoms with van der Waals surface area (Å²) in [6.45, 7) is 7.89. The zero-order valence-corrected chi connectivity index (χ0v) is 11.1. The number of rotatable bonds is 6. The van der Waals surface area contributed by atoms with E-state index in [2.05, 4.69) is 19.2 Å². The van der Waals surface area contributed by atoms with E-state index in [1.807, 2.05) is 19.1 Å². The van der Waals surface area contributed by atoms with Crippen LogP contribution in [0.25, 0.3) is 6.08 Å². The van der Waals surface area contributed by atoms with Gasteiger partial charge in [0.25, 0.3) is 5.69 Å². The molecule has 4 nitrogen and oxygen atoms in total. The zero-order valence-electron chi connectivity index (χ0n) is 11.1. The minimum absolute atomic E-state index is 0.159. The van der Waals surface area contributed by atoms with Crippen LogP contribution in [0.5, 0.6) is 0 Å². The number of benzene rings is 1. The molecule has 4 heteroatoms. The summed E-state index contributed by atoms with van der Waals surface area (Å²) >= 11 is 0. The van der Waals surface area contributed by atoms with Crippen LogP contribution in [0.15, 0.2) is 29.8 Å². The van der Waals surface area contributed by atoms with Gasteiger partial charge < -0.3 is 5.32 Å². The Kier molecular flexibility index (Phi) is 5.52. The Bertz CT molecular complexity index is 439. The summed E-state index contributed by atoms with van der Waals surface area (Å²) in [6.07, 6.45) is 1.92. The smallest absolute Gasteiger partial charge is 0.276 e. The number of nitro benzene ring substituents is 1. The molecule has 18 heavy (non-hydrogen) atoms. The number of hydrogen-bond donors (Lipinski definition) is 1. The first kappa shape index (κ1) is 14.4. The number of hydrogen-bond acceptors (Lipinski definition) is 3. The van der Waals surface area contributed by atoms with Gasteiger partial charge >= 0.3 is 0 Å². The minimum Gasteiger partial charge on any atom is -0.313 e. The molecule has 0 heterocycles. The van der Waals surface area contributed by atoms with E-state index in [1.54, 1.807) is 12.1 Å². The SMILES string of the molecule is CCNCC(=Cc1ccccc1[N+](=O)[O-])C(C)C. The minimum atomic E-state index is -0.336. The van der Waals surface area contributed by atoms with Crippen molar-refractivity contribution in [3.8, 4) is 0 Å². The molecule has 1 aromatic carbocycles. The van der Waals surface area contributed by atoms with Crippen LogP contribution in [0.4, 0.5) is 5.69 Å². The average molecular weight is 248 g/mol. The van der Waals surface area contributed by atoms with E-state index in [0.29, 0.717) is 11.5 Å². The standard InChI is InChI=1S/C14H20N2O2/c1-4-15-10-13(11(2)3)9-12-7-5-6-8-14(12)16(17)18/h5-9,11,15H,4,10H2,1-3H3. The van der Waals surface area contributed by atoms with Crippen molar-refractivity contribution in [1.29, 1.82) is 0 Å². The van der Waals surface area contributed by atoms with Gasteiger partial charge in [0.05, 0.1) is 10.5 Å². The molecule has 0 aliphatic rings. The van der Waals surface area contributed by atoms with E-state index >= 15 is 0 Å². The summed E-state index contributed by atoms with van der Waals surface area (Å²) in [5.41, 5.74) is 2.00. The Morgan fingerprint density at radius 1 is 1.44 bits per heavy atom. The highest BCUT2D eigenvalue weighted by molar-refractivity contribution is 5.63. The highest BCUT2D eigenvalue weighted by atomic mass is 16.6. The quantitative estimate of drug-likeness (QED) is 0.621. The second-order valence-corrected chi connectivity index (χ2v) is 4.47. The van der Waals surface area contributed by atoms with E-state index in [-0.39, 0.29) is 10.6 Å². The molecule has 0 aliphatic heterocycles. The van der Waals surface area contributed by atoms with Crippen molar-refractivity contribution in [2.45, 2.75) is 20.8 Å². The predicted octanol–water partition coefficient (Wildman–Crippen LogP) is 3.24. The van der Waals surface area contributed by atoms with Gasteiger partial charge in [0.1, 0.15) is 0 Å². The van der Waals surface area contributed by atoms with Gasteiger partial charge in [-0.25, -0.2) is 0 Å². The van der Waals surface area contributed by atoms with Gasteiger partial charge in [-0.3, -0.25) is 10.1 Å². The fourth-order valence-electron chi connectivity index (χ4n) is 1.67. The molecular weight excluding hydrogens is 228 g/mol. The molecule has 0 unspecified atom stereocenters. The Morgan fingerprint density at radius 2 is 2.11 bits per heavy atom. The summed E-state index contributed by atoms with van der Waals surface area (Å²) in [5, 5.41) is 14.2. The van der Waals surface area contributed by atoms with Crippen molar-refractivity contribution in [1.82, 2.24) is 5.32 Å². The number of nitro groups is 1. The maximum absolute atomic E-state index is 10.9. The van der Waals surface area contributed by atoms with Gasteiger partial charge in [-0.1, -0.05) is 38.5 Å². The van der Waals surface area contributed by atoms with Gasteiger partial charge in [0, 0.05) is 12.6 Å². The molecule has 0 amide bonds. The monoisotopic (exact) mass is 248 g/mol. The van der Waals surface area contributed by atoms with E-state index in [9.17, 15) is 10.1 Å². The largest absolute Gasteiger partial charge is 0.313 e. The summed E-state index contributed by atoms with van der Waals surface area (Å²) in [6, 6.07) is 6.84. The second-order valence-electron chi connectivity index (χ2n) is 4.47.